The van der Waals surface area contributed by atoms with Crippen LogP contribution in [0.1, 0.15) is 109 Å². The Labute approximate surface area is 234 Å². The largest absolute Gasteiger partial charge is 0.507 e. The van der Waals surface area contributed by atoms with E-state index in [1.54, 1.807) is 18.2 Å². The minimum absolute atomic E-state index is 0.000163. The summed E-state index contributed by atoms with van der Waals surface area (Å²) in [4.78, 5) is 24.3. The molecule has 0 aliphatic rings. The Bertz CT molecular complexity index is 1210. The lowest BCUT2D eigenvalue weighted by atomic mass is 9.95. The molecule has 0 spiro atoms. The first kappa shape index (κ1) is 30.4. The number of nitrogens with zero attached hydrogens (tertiary/aromatic N) is 2. The van der Waals surface area contributed by atoms with Crippen LogP contribution in [0.2, 0.25) is 0 Å². The fourth-order valence-electron chi connectivity index (χ4n) is 4.88. The lowest BCUT2D eigenvalue weighted by Crippen LogP contribution is -2.15. The molecule has 3 aromatic rings. The topological polar surface area (TPSA) is 88.1 Å². The summed E-state index contributed by atoms with van der Waals surface area (Å²) < 4.78 is 5.80. The molecule has 0 amide bonds. The quantitative estimate of drug-likeness (QED) is 0.160. The zero-order valence-corrected chi connectivity index (χ0v) is 24.2. The van der Waals surface area contributed by atoms with Gasteiger partial charge in [-0.05, 0) is 55.4 Å². The highest BCUT2D eigenvalue weighted by Crippen LogP contribution is 2.32. The van der Waals surface area contributed by atoms with Gasteiger partial charge >= 0.3 is 5.69 Å². The fourth-order valence-corrected chi connectivity index (χ4v) is 4.88. The van der Waals surface area contributed by atoms with Crippen LogP contribution >= 0.6 is 0 Å². The molecule has 0 atom stereocenters. The van der Waals surface area contributed by atoms with Gasteiger partial charge in [-0.25, -0.2) is 9.78 Å². The highest BCUT2D eigenvalue weighted by atomic mass is 16.5. The molecule has 1 heterocycles. The summed E-state index contributed by atoms with van der Waals surface area (Å²) >= 11 is 0. The number of aryl methyl sites for hydroxylation is 2. The normalized spacial score (nSPS) is 11.2. The van der Waals surface area contributed by atoms with Gasteiger partial charge in [0.1, 0.15) is 17.3 Å². The van der Waals surface area contributed by atoms with Crippen molar-refractivity contribution in [3.05, 3.63) is 58.0 Å². The molecule has 0 radical (unpaired) electrons. The Morgan fingerprint density at radius 2 is 1.41 bits per heavy atom. The molecule has 0 saturated carbocycles. The van der Waals surface area contributed by atoms with Gasteiger partial charge < -0.3 is 9.84 Å². The van der Waals surface area contributed by atoms with Crippen molar-refractivity contribution in [1.29, 1.82) is 0 Å². The molecule has 0 bridgehead atoms. The molecule has 6 nitrogen and oxygen atoms in total. The number of hydrogen-bond donors (Lipinski definition) is 2. The Balaban J connectivity index is 1.84. The molecule has 3 rings (SSSR count). The summed E-state index contributed by atoms with van der Waals surface area (Å²) in [5, 5.41) is 10.7. The smallest absolute Gasteiger partial charge is 0.348 e. The van der Waals surface area contributed by atoms with Gasteiger partial charge in [-0.15, -0.1) is 0 Å². The maximum absolute atomic E-state index is 12.6. The summed E-state index contributed by atoms with van der Waals surface area (Å²) in [5.41, 5.74) is 3.40. The number of nitrogens with one attached hydrogen (secondary N) is 1. The van der Waals surface area contributed by atoms with Gasteiger partial charge in [-0.3, -0.25) is 4.98 Å². The number of phenolic OH excluding ortho intramolecular Hbond substituents is 1. The third-order valence-corrected chi connectivity index (χ3v) is 7.17. The summed E-state index contributed by atoms with van der Waals surface area (Å²) in [6.07, 6.45) is 16.1. The monoisotopic (exact) mass is 533 g/mol. The molecule has 39 heavy (non-hydrogen) atoms. The highest BCUT2D eigenvalue weighted by Gasteiger charge is 2.15. The number of benzene rings is 2. The average molecular weight is 534 g/mol. The van der Waals surface area contributed by atoms with Crippen LogP contribution in [0.15, 0.2) is 41.2 Å². The van der Waals surface area contributed by atoms with Crippen LogP contribution in [0, 0.1) is 0 Å². The van der Waals surface area contributed by atoms with Gasteiger partial charge in [0.25, 0.3) is 0 Å². The number of ether oxygens (including phenoxy) is 1. The van der Waals surface area contributed by atoms with Gasteiger partial charge in [0, 0.05) is 11.6 Å². The molecule has 6 heteroatoms. The number of hydrogen-bond acceptors (Lipinski definition) is 5. The molecule has 0 unspecified atom stereocenters. The molecule has 2 aromatic carbocycles. The van der Waals surface area contributed by atoms with Crippen molar-refractivity contribution in [3.8, 4) is 34.3 Å². The van der Waals surface area contributed by atoms with Crippen LogP contribution in [0.3, 0.4) is 0 Å². The van der Waals surface area contributed by atoms with E-state index in [2.05, 4.69) is 48.9 Å². The van der Waals surface area contributed by atoms with Crippen LogP contribution in [-0.4, -0.2) is 26.7 Å². The molecule has 212 valence electrons. The van der Waals surface area contributed by atoms with Crippen LogP contribution in [-0.2, 0) is 12.8 Å². The summed E-state index contributed by atoms with van der Waals surface area (Å²) in [7, 11) is 0. The van der Waals surface area contributed by atoms with Crippen molar-refractivity contribution < 1.29 is 9.84 Å². The first-order valence-corrected chi connectivity index (χ1v) is 15.1. The van der Waals surface area contributed by atoms with E-state index in [-0.39, 0.29) is 11.6 Å². The number of aromatic nitrogens is 3. The fraction of sp³-hybridized carbons (Fsp3) is 0.545. The molecule has 1 aromatic heterocycles. The van der Waals surface area contributed by atoms with Crippen molar-refractivity contribution in [2.75, 3.05) is 6.61 Å². The summed E-state index contributed by atoms with van der Waals surface area (Å²) in [6, 6.07) is 11.6. The van der Waals surface area contributed by atoms with Crippen molar-refractivity contribution in [2.24, 2.45) is 0 Å². The molecular weight excluding hydrogens is 486 g/mol. The zero-order valence-electron chi connectivity index (χ0n) is 24.2. The maximum atomic E-state index is 12.6. The second-order valence-corrected chi connectivity index (χ2v) is 10.5. The van der Waals surface area contributed by atoms with Gasteiger partial charge in [-0.1, -0.05) is 96.8 Å². The Morgan fingerprint density at radius 3 is 2.10 bits per heavy atom. The van der Waals surface area contributed by atoms with E-state index in [0.717, 1.165) is 37.7 Å². The minimum atomic E-state index is -0.480. The summed E-state index contributed by atoms with van der Waals surface area (Å²) in [6.45, 7) is 7.24. The van der Waals surface area contributed by atoms with Crippen molar-refractivity contribution in [3.63, 3.8) is 0 Å². The number of phenols is 1. The third-order valence-electron chi connectivity index (χ3n) is 7.17. The number of unbranched alkanes of at least 4 members (excludes halogenated alkanes) is 9. The number of H-pyrrole nitrogens is 1. The zero-order chi connectivity index (χ0) is 27.9. The van der Waals surface area contributed by atoms with E-state index in [4.69, 9.17) is 9.72 Å². The third kappa shape index (κ3) is 9.83. The predicted octanol–water partition coefficient (Wildman–Crippen LogP) is 8.41. The van der Waals surface area contributed by atoms with E-state index in [1.807, 2.05) is 0 Å². The SMILES string of the molecule is CCCCCCOc1ccc(-c2nc(-c3ccc(CCCCCC)cc3CCCCCC)[nH]c(=O)n2)c(O)c1. The molecule has 0 aliphatic heterocycles. The second kappa shape index (κ2) is 16.7. The molecule has 0 aliphatic carbocycles. The number of aromatic hydroxyl groups is 1. The first-order chi connectivity index (χ1) is 19.0. The Kier molecular flexibility index (Phi) is 13.0. The molecule has 0 saturated heterocycles. The van der Waals surface area contributed by atoms with Crippen molar-refractivity contribution in [2.45, 2.75) is 111 Å². The molecular formula is C33H47N3O3. The van der Waals surface area contributed by atoms with Crippen LogP contribution in [0.4, 0.5) is 0 Å². The summed E-state index contributed by atoms with van der Waals surface area (Å²) in [5.74, 6) is 1.30. The minimum Gasteiger partial charge on any atom is -0.507 e. The molecule has 2 N–H and O–H groups in total. The number of aromatic amines is 1. The average Bonchev–Trinajstić information content (AvgIpc) is 2.93. The molecule has 0 fully saturated rings. The van der Waals surface area contributed by atoms with Crippen LogP contribution < -0.4 is 10.4 Å². The standard InChI is InChI=1S/C33H47N3O3/c1-4-7-10-13-16-25-18-20-28(26(23-25)17-14-11-8-5-2)31-34-32(36-33(38)35-31)29-21-19-27(24-30(29)37)39-22-15-12-9-6-3/h18-21,23-24,37H,4-17,22H2,1-3H3,(H,34,35,36,38). The van der Waals surface area contributed by atoms with E-state index >= 15 is 0 Å². The van der Waals surface area contributed by atoms with Gasteiger partial charge in [-0.2, -0.15) is 4.98 Å². The highest BCUT2D eigenvalue weighted by molar-refractivity contribution is 5.68. The van der Waals surface area contributed by atoms with E-state index in [1.165, 1.54) is 68.9 Å². The van der Waals surface area contributed by atoms with Crippen molar-refractivity contribution in [1.82, 2.24) is 15.0 Å². The Morgan fingerprint density at radius 1 is 0.744 bits per heavy atom. The van der Waals surface area contributed by atoms with Crippen LogP contribution in [0.5, 0.6) is 11.5 Å². The second-order valence-electron chi connectivity index (χ2n) is 10.5. The first-order valence-electron chi connectivity index (χ1n) is 15.1. The number of rotatable bonds is 18. The van der Waals surface area contributed by atoms with E-state index < -0.39 is 5.69 Å². The van der Waals surface area contributed by atoms with Gasteiger partial charge in [0.15, 0.2) is 5.82 Å². The maximum Gasteiger partial charge on any atom is 0.348 e. The Hall–Kier alpha value is -3.15. The predicted molar refractivity (Wildman–Crippen MR) is 161 cm³/mol. The van der Waals surface area contributed by atoms with E-state index in [9.17, 15) is 9.90 Å². The van der Waals surface area contributed by atoms with Crippen LogP contribution in [0.25, 0.3) is 22.8 Å². The van der Waals surface area contributed by atoms with Gasteiger partial charge in [0.05, 0.1) is 12.2 Å². The van der Waals surface area contributed by atoms with E-state index in [0.29, 0.717) is 23.7 Å². The lowest BCUT2D eigenvalue weighted by Gasteiger charge is -2.13. The lowest BCUT2D eigenvalue weighted by molar-refractivity contribution is 0.303. The van der Waals surface area contributed by atoms with Gasteiger partial charge in [0.2, 0.25) is 0 Å². The van der Waals surface area contributed by atoms with Crippen molar-refractivity contribution >= 4 is 0 Å².